The Balaban J connectivity index is 1.94. The molecular weight excluding hydrogens is 316 g/mol. The SMILES string of the molecule is CCC(=O)N1CCN(C(=O)COc2ccc(C)cc2C(C)(C)C)CC1. The highest BCUT2D eigenvalue weighted by Crippen LogP contribution is 2.32. The molecule has 2 amide bonds. The first-order valence-electron chi connectivity index (χ1n) is 9.02. The molecule has 5 nitrogen and oxygen atoms in total. The van der Waals surface area contributed by atoms with Crippen LogP contribution in [0.15, 0.2) is 18.2 Å². The molecule has 1 saturated heterocycles. The van der Waals surface area contributed by atoms with Gasteiger partial charge in [-0.2, -0.15) is 0 Å². The Labute approximate surface area is 150 Å². The molecule has 25 heavy (non-hydrogen) atoms. The molecular formula is C20H30N2O3. The number of nitrogens with zero attached hydrogens (tertiary/aromatic N) is 2. The van der Waals surface area contributed by atoms with Gasteiger partial charge in [0, 0.05) is 32.6 Å². The molecule has 1 aliphatic heterocycles. The zero-order chi connectivity index (χ0) is 18.6. The van der Waals surface area contributed by atoms with Gasteiger partial charge in [-0.15, -0.1) is 0 Å². The molecule has 1 aliphatic rings. The number of carbonyl (C=O) groups is 2. The fourth-order valence-corrected chi connectivity index (χ4v) is 3.02. The second-order valence-corrected chi connectivity index (χ2v) is 7.65. The molecule has 0 bridgehead atoms. The molecule has 2 rings (SSSR count). The van der Waals surface area contributed by atoms with Crippen LogP contribution in [0.1, 0.15) is 45.2 Å². The lowest BCUT2D eigenvalue weighted by Gasteiger charge is -2.34. The first-order valence-corrected chi connectivity index (χ1v) is 9.02. The average Bonchev–Trinajstić information content (AvgIpc) is 2.59. The molecule has 0 aliphatic carbocycles. The number of hydrogen-bond acceptors (Lipinski definition) is 3. The Bertz CT molecular complexity index is 626. The molecule has 1 fully saturated rings. The molecule has 0 radical (unpaired) electrons. The number of benzene rings is 1. The van der Waals surface area contributed by atoms with E-state index in [1.54, 1.807) is 4.90 Å². The van der Waals surface area contributed by atoms with Crippen LogP contribution >= 0.6 is 0 Å². The van der Waals surface area contributed by atoms with Crippen LogP contribution in [0.5, 0.6) is 5.75 Å². The van der Waals surface area contributed by atoms with Crippen molar-refractivity contribution >= 4 is 11.8 Å². The lowest BCUT2D eigenvalue weighted by atomic mass is 9.85. The molecule has 5 heteroatoms. The average molecular weight is 346 g/mol. The van der Waals surface area contributed by atoms with E-state index < -0.39 is 0 Å². The summed E-state index contributed by atoms with van der Waals surface area (Å²) in [5, 5.41) is 0. The number of ether oxygens (including phenoxy) is 1. The summed E-state index contributed by atoms with van der Waals surface area (Å²) < 4.78 is 5.86. The number of amides is 2. The summed E-state index contributed by atoms with van der Waals surface area (Å²) in [6, 6.07) is 6.07. The Kier molecular flexibility index (Phi) is 6.09. The molecule has 0 aromatic heterocycles. The van der Waals surface area contributed by atoms with Crippen LogP contribution in [0.25, 0.3) is 0 Å². The summed E-state index contributed by atoms with van der Waals surface area (Å²) in [6.07, 6.45) is 0.514. The normalized spacial score (nSPS) is 15.2. The molecule has 0 atom stereocenters. The number of carbonyl (C=O) groups excluding carboxylic acids is 2. The van der Waals surface area contributed by atoms with Gasteiger partial charge in [-0.1, -0.05) is 45.4 Å². The lowest BCUT2D eigenvalue weighted by Crippen LogP contribution is -2.51. The van der Waals surface area contributed by atoms with E-state index in [2.05, 4.69) is 33.8 Å². The molecule has 1 aromatic carbocycles. The fourth-order valence-electron chi connectivity index (χ4n) is 3.02. The van der Waals surface area contributed by atoms with Gasteiger partial charge >= 0.3 is 0 Å². The van der Waals surface area contributed by atoms with E-state index >= 15 is 0 Å². The first-order chi connectivity index (χ1) is 11.7. The number of rotatable bonds is 4. The Morgan fingerprint density at radius 2 is 1.60 bits per heavy atom. The Morgan fingerprint density at radius 1 is 1.04 bits per heavy atom. The zero-order valence-electron chi connectivity index (χ0n) is 16.1. The summed E-state index contributed by atoms with van der Waals surface area (Å²) in [6.45, 7) is 12.7. The monoisotopic (exact) mass is 346 g/mol. The topological polar surface area (TPSA) is 49.9 Å². The maximum Gasteiger partial charge on any atom is 0.260 e. The van der Waals surface area contributed by atoms with Crippen LogP contribution in [-0.2, 0) is 15.0 Å². The van der Waals surface area contributed by atoms with Crippen molar-refractivity contribution in [3.63, 3.8) is 0 Å². The van der Waals surface area contributed by atoms with Crippen molar-refractivity contribution in [2.75, 3.05) is 32.8 Å². The highest BCUT2D eigenvalue weighted by Gasteiger charge is 2.24. The van der Waals surface area contributed by atoms with Crippen molar-refractivity contribution in [2.45, 2.75) is 46.5 Å². The van der Waals surface area contributed by atoms with Gasteiger partial charge in [-0.05, 0) is 24.0 Å². The third-order valence-electron chi connectivity index (χ3n) is 4.58. The van der Waals surface area contributed by atoms with Crippen LogP contribution < -0.4 is 4.74 Å². The number of aryl methyl sites for hydroxylation is 1. The maximum absolute atomic E-state index is 12.4. The fraction of sp³-hybridized carbons (Fsp3) is 0.600. The smallest absolute Gasteiger partial charge is 0.260 e. The largest absolute Gasteiger partial charge is 0.483 e. The predicted octanol–water partition coefficient (Wildman–Crippen LogP) is 2.75. The van der Waals surface area contributed by atoms with Gasteiger partial charge in [-0.3, -0.25) is 9.59 Å². The van der Waals surface area contributed by atoms with Gasteiger partial charge in [0.1, 0.15) is 5.75 Å². The number of piperazine rings is 1. The van der Waals surface area contributed by atoms with E-state index in [-0.39, 0.29) is 23.8 Å². The van der Waals surface area contributed by atoms with E-state index in [1.165, 1.54) is 5.56 Å². The van der Waals surface area contributed by atoms with E-state index in [1.807, 2.05) is 24.0 Å². The summed E-state index contributed by atoms with van der Waals surface area (Å²) in [5.74, 6) is 0.896. The number of hydrogen-bond donors (Lipinski definition) is 0. The van der Waals surface area contributed by atoms with E-state index in [9.17, 15) is 9.59 Å². The van der Waals surface area contributed by atoms with Crippen molar-refractivity contribution in [3.8, 4) is 5.75 Å². The summed E-state index contributed by atoms with van der Waals surface area (Å²) in [7, 11) is 0. The lowest BCUT2D eigenvalue weighted by molar-refractivity contribution is -0.140. The summed E-state index contributed by atoms with van der Waals surface area (Å²) in [5.41, 5.74) is 2.25. The highest BCUT2D eigenvalue weighted by molar-refractivity contribution is 5.79. The van der Waals surface area contributed by atoms with Gasteiger partial charge in [0.25, 0.3) is 5.91 Å². The molecule has 0 saturated carbocycles. The van der Waals surface area contributed by atoms with Crippen LogP contribution in [-0.4, -0.2) is 54.4 Å². The van der Waals surface area contributed by atoms with E-state index in [0.717, 1.165) is 11.3 Å². The molecule has 1 aromatic rings. The van der Waals surface area contributed by atoms with Crippen molar-refractivity contribution in [1.82, 2.24) is 9.80 Å². The third-order valence-corrected chi connectivity index (χ3v) is 4.58. The molecule has 0 N–H and O–H groups in total. The standard InChI is InChI=1S/C20H30N2O3/c1-6-18(23)21-9-11-22(12-10-21)19(24)14-25-17-8-7-15(2)13-16(17)20(3,4)5/h7-8,13H,6,9-12,14H2,1-5H3. The van der Waals surface area contributed by atoms with E-state index in [4.69, 9.17) is 4.74 Å². The second kappa shape index (κ2) is 7.89. The van der Waals surface area contributed by atoms with Crippen LogP contribution in [0.3, 0.4) is 0 Å². The van der Waals surface area contributed by atoms with Gasteiger partial charge < -0.3 is 14.5 Å². The molecule has 0 spiro atoms. The van der Waals surface area contributed by atoms with Gasteiger partial charge in [0.05, 0.1) is 0 Å². The van der Waals surface area contributed by atoms with Crippen molar-refractivity contribution in [2.24, 2.45) is 0 Å². The van der Waals surface area contributed by atoms with E-state index in [0.29, 0.717) is 32.6 Å². The molecule has 138 valence electrons. The predicted molar refractivity (Wildman–Crippen MR) is 98.8 cm³/mol. The van der Waals surface area contributed by atoms with Crippen molar-refractivity contribution < 1.29 is 14.3 Å². The molecule has 0 unspecified atom stereocenters. The minimum atomic E-state index is -0.0451. The minimum absolute atomic E-state index is 0.0240. The summed E-state index contributed by atoms with van der Waals surface area (Å²) in [4.78, 5) is 27.8. The Hall–Kier alpha value is -2.04. The second-order valence-electron chi connectivity index (χ2n) is 7.65. The summed E-state index contributed by atoms with van der Waals surface area (Å²) >= 11 is 0. The quantitative estimate of drug-likeness (QED) is 0.842. The van der Waals surface area contributed by atoms with Gasteiger partial charge in [0.15, 0.2) is 6.61 Å². The van der Waals surface area contributed by atoms with Crippen LogP contribution in [0, 0.1) is 6.92 Å². The molecule has 1 heterocycles. The van der Waals surface area contributed by atoms with Crippen LogP contribution in [0.2, 0.25) is 0 Å². The maximum atomic E-state index is 12.4. The van der Waals surface area contributed by atoms with Crippen molar-refractivity contribution in [1.29, 1.82) is 0 Å². The van der Waals surface area contributed by atoms with Gasteiger partial charge in [0.2, 0.25) is 5.91 Å². The third kappa shape index (κ3) is 4.97. The van der Waals surface area contributed by atoms with Crippen molar-refractivity contribution in [3.05, 3.63) is 29.3 Å². The first kappa shape index (κ1) is 19.3. The highest BCUT2D eigenvalue weighted by atomic mass is 16.5. The van der Waals surface area contributed by atoms with Gasteiger partial charge in [-0.25, -0.2) is 0 Å². The minimum Gasteiger partial charge on any atom is -0.483 e. The Morgan fingerprint density at radius 3 is 2.12 bits per heavy atom. The van der Waals surface area contributed by atoms with Crippen LogP contribution in [0.4, 0.5) is 0 Å². The zero-order valence-corrected chi connectivity index (χ0v) is 16.1.